The molecule has 0 bridgehead atoms. The molecule has 5 nitrogen and oxygen atoms in total. The number of amides is 1. The maximum atomic E-state index is 13.2. The molecule has 2 aliphatic rings. The molecule has 2 aromatic rings. The molecule has 0 spiro atoms. The van der Waals surface area contributed by atoms with Crippen molar-refractivity contribution >= 4 is 38.7 Å². The molecule has 31 heavy (non-hydrogen) atoms. The third-order valence-electron chi connectivity index (χ3n) is 5.33. The molecule has 1 fully saturated rings. The average molecular weight is 471 g/mol. The van der Waals surface area contributed by atoms with Crippen LogP contribution in [0, 0.1) is 0 Å². The second-order valence-electron chi connectivity index (χ2n) is 7.38. The number of carbonyl (C=O) groups is 1. The quantitative estimate of drug-likeness (QED) is 0.610. The van der Waals surface area contributed by atoms with Crippen molar-refractivity contribution in [3.63, 3.8) is 0 Å². The SMILES string of the molecule is O=C(C1=CN(c2ccc(C(F)(F)F)cc2)c2cc(Cl)ccc2S1(=O)=O)N1CCCCC1. The minimum Gasteiger partial charge on any atom is -0.338 e. The van der Waals surface area contributed by atoms with Crippen LogP contribution in [0.5, 0.6) is 0 Å². The monoisotopic (exact) mass is 470 g/mol. The minimum atomic E-state index is -4.50. The van der Waals surface area contributed by atoms with E-state index in [1.54, 1.807) is 0 Å². The molecule has 2 aromatic carbocycles. The van der Waals surface area contributed by atoms with Crippen LogP contribution >= 0.6 is 11.6 Å². The summed E-state index contributed by atoms with van der Waals surface area (Å²) in [7, 11) is -4.13. The highest BCUT2D eigenvalue weighted by atomic mass is 35.5. The molecular formula is C21H18ClF3N2O3S. The van der Waals surface area contributed by atoms with Crippen LogP contribution in [0.15, 0.2) is 58.5 Å². The van der Waals surface area contributed by atoms with Gasteiger partial charge in [-0.25, -0.2) is 8.42 Å². The second-order valence-corrected chi connectivity index (χ2v) is 9.70. The van der Waals surface area contributed by atoms with E-state index in [1.807, 2.05) is 0 Å². The van der Waals surface area contributed by atoms with Crippen LogP contribution in [0.3, 0.4) is 0 Å². The van der Waals surface area contributed by atoms with Gasteiger partial charge in [-0.2, -0.15) is 13.2 Å². The van der Waals surface area contributed by atoms with E-state index in [-0.39, 0.29) is 21.3 Å². The van der Waals surface area contributed by atoms with Crippen LogP contribution in [0.25, 0.3) is 0 Å². The number of rotatable bonds is 2. The Bertz CT molecular complexity index is 1160. The molecule has 164 valence electrons. The Balaban J connectivity index is 1.84. The van der Waals surface area contributed by atoms with Crippen molar-refractivity contribution in [3.8, 4) is 0 Å². The zero-order valence-corrected chi connectivity index (χ0v) is 17.8. The Labute approximate surface area is 182 Å². The summed E-state index contributed by atoms with van der Waals surface area (Å²) in [6, 6.07) is 8.38. The van der Waals surface area contributed by atoms with E-state index in [9.17, 15) is 26.4 Å². The largest absolute Gasteiger partial charge is 0.416 e. The summed E-state index contributed by atoms with van der Waals surface area (Å²) in [6.45, 7) is 0.916. The number of sulfone groups is 1. The third-order valence-corrected chi connectivity index (χ3v) is 7.35. The first-order valence-corrected chi connectivity index (χ1v) is 11.5. The lowest BCUT2D eigenvalue weighted by Gasteiger charge is -2.32. The van der Waals surface area contributed by atoms with Crippen molar-refractivity contribution in [2.75, 3.05) is 18.0 Å². The zero-order chi connectivity index (χ0) is 22.4. The lowest BCUT2D eigenvalue weighted by molar-refractivity contribution is -0.137. The van der Waals surface area contributed by atoms with Crippen molar-refractivity contribution in [2.45, 2.75) is 30.3 Å². The van der Waals surface area contributed by atoms with Crippen LogP contribution in [0.2, 0.25) is 5.02 Å². The number of anilines is 2. The van der Waals surface area contributed by atoms with Gasteiger partial charge in [0.15, 0.2) is 4.91 Å². The van der Waals surface area contributed by atoms with Gasteiger partial charge in [0.25, 0.3) is 5.91 Å². The highest BCUT2D eigenvalue weighted by Gasteiger charge is 2.38. The number of carbonyl (C=O) groups excluding carboxylic acids is 1. The average Bonchev–Trinajstić information content (AvgIpc) is 2.73. The maximum Gasteiger partial charge on any atom is 0.416 e. The van der Waals surface area contributed by atoms with Gasteiger partial charge in [-0.1, -0.05) is 11.6 Å². The van der Waals surface area contributed by atoms with Crippen molar-refractivity contribution in [1.82, 2.24) is 4.90 Å². The Kier molecular flexibility index (Phi) is 5.51. The predicted octanol–water partition coefficient (Wildman–Crippen LogP) is 5.14. The number of likely N-dealkylation sites (tertiary alicyclic amines) is 1. The highest BCUT2D eigenvalue weighted by molar-refractivity contribution is 7.96. The number of halogens is 4. The van der Waals surface area contributed by atoms with Crippen LogP contribution in [0.1, 0.15) is 24.8 Å². The molecule has 0 unspecified atom stereocenters. The van der Waals surface area contributed by atoms with Crippen molar-refractivity contribution < 1.29 is 26.4 Å². The topological polar surface area (TPSA) is 57.7 Å². The molecule has 0 aliphatic carbocycles. The second kappa shape index (κ2) is 7.87. The number of alkyl halides is 3. The van der Waals surface area contributed by atoms with Crippen molar-refractivity contribution in [2.24, 2.45) is 0 Å². The standard InChI is InChI=1S/C21H18ClF3N2O3S/c22-15-6-9-18-17(12-15)27(16-7-4-14(5-8-16)21(23,24)25)13-19(31(18,29)30)20(28)26-10-2-1-3-11-26/h4-9,12-13H,1-3,10-11H2. The van der Waals surface area contributed by atoms with Gasteiger partial charge in [0.2, 0.25) is 9.84 Å². The van der Waals surface area contributed by atoms with E-state index >= 15 is 0 Å². The maximum absolute atomic E-state index is 13.2. The van der Waals surface area contributed by atoms with Gasteiger partial charge in [-0.3, -0.25) is 4.79 Å². The van der Waals surface area contributed by atoms with E-state index in [2.05, 4.69) is 0 Å². The fraction of sp³-hybridized carbons (Fsp3) is 0.286. The lowest BCUT2D eigenvalue weighted by Crippen LogP contribution is -2.39. The predicted molar refractivity (Wildman–Crippen MR) is 111 cm³/mol. The van der Waals surface area contributed by atoms with Crippen molar-refractivity contribution in [1.29, 1.82) is 0 Å². The summed E-state index contributed by atoms with van der Waals surface area (Å²) >= 11 is 6.06. The molecule has 2 heterocycles. The van der Waals surface area contributed by atoms with Crippen molar-refractivity contribution in [3.05, 3.63) is 64.2 Å². The first kappa shape index (κ1) is 21.7. The first-order chi connectivity index (χ1) is 14.6. The minimum absolute atomic E-state index is 0.125. The van der Waals surface area contributed by atoms with Gasteiger partial charge < -0.3 is 9.80 Å². The van der Waals surface area contributed by atoms with E-state index in [0.29, 0.717) is 13.1 Å². The fourth-order valence-corrected chi connectivity index (χ4v) is 5.41. The number of hydrogen-bond acceptors (Lipinski definition) is 4. The Morgan fingerprint density at radius 3 is 2.23 bits per heavy atom. The molecule has 1 saturated heterocycles. The molecule has 0 radical (unpaired) electrons. The number of benzene rings is 2. The van der Waals surface area contributed by atoms with E-state index in [1.165, 1.54) is 46.3 Å². The third kappa shape index (κ3) is 4.04. The summed E-state index contributed by atoms with van der Waals surface area (Å²) in [5, 5.41) is 0.255. The van der Waals surface area contributed by atoms with Gasteiger partial charge in [0.1, 0.15) is 0 Å². The number of piperidine rings is 1. The van der Waals surface area contributed by atoms with E-state index in [4.69, 9.17) is 11.6 Å². The van der Waals surface area contributed by atoms with Crippen LogP contribution < -0.4 is 4.90 Å². The fourth-order valence-electron chi connectivity index (χ4n) is 3.73. The van der Waals surface area contributed by atoms with E-state index in [0.717, 1.165) is 31.4 Å². The lowest BCUT2D eigenvalue weighted by atomic mass is 10.1. The Morgan fingerprint density at radius 2 is 1.61 bits per heavy atom. The Morgan fingerprint density at radius 1 is 0.968 bits per heavy atom. The van der Waals surface area contributed by atoms with Gasteiger partial charge in [-0.05, 0) is 61.7 Å². The van der Waals surface area contributed by atoms with Gasteiger partial charge >= 0.3 is 6.18 Å². The van der Waals surface area contributed by atoms with Crippen LogP contribution in [0.4, 0.5) is 24.5 Å². The molecule has 1 amide bonds. The molecule has 10 heteroatoms. The smallest absolute Gasteiger partial charge is 0.338 e. The molecule has 4 rings (SSSR count). The molecule has 0 saturated carbocycles. The number of fused-ring (bicyclic) bond motifs is 1. The number of hydrogen-bond donors (Lipinski definition) is 0. The first-order valence-electron chi connectivity index (χ1n) is 9.61. The molecule has 2 aliphatic heterocycles. The highest BCUT2D eigenvalue weighted by Crippen LogP contribution is 2.42. The summed E-state index contributed by atoms with van der Waals surface area (Å²) < 4.78 is 65.3. The molecule has 0 atom stereocenters. The van der Waals surface area contributed by atoms with E-state index < -0.39 is 32.4 Å². The van der Waals surface area contributed by atoms with Gasteiger partial charge in [0.05, 0.1) is 16.1 Å². The summed E-state index contributed by atoms with van der Waals surface area (Å²) in [5.74, 6) is -0.614. The van der Waals surface area contributed by atoms with Gasteiger partial charge in [-0.15, -0.1) is 0 Å². The molecule has 0 N–H and O–H groups in total. The normalized spacial score (nSPS) is 18.4. The zero-order valence-electron chi connectivity index (χ0n) is 16.2. The summed E-state index contributed by atoms with van der Waals surface area (Å²) in [5.41, 5.74) is -0.390. The molecule has 0 aromatic heterocycles. The Hall–Kier alpha value is -2.52. The summed E-state index contributed by atoms with van der Waals surface area (Å²) in [6.07, 6.45) is -0.792. The van der Waals surface area contributed by atoms with Crippen LogP contribution in [-0.4, -0.2) is 32.3 Å². The van der Waals surface area contributed by atoms with Crippen LogP contribution in [-0.2, 0) is 20.8 Å². The van der Waals surface area contributed by atoms with Gasteiger partial charge in [0, 0.05) is 30.0 Å². The number of nitrogens with zero attached hydrogens (tertiary/aromatic N) is 2. The summed E-state index contributed by atoms with van der Waals surface area (Å²) in [4.78, 5) is 15.4. The molecular weight excluding hydrogens is 453 g/mol.